The van der Waals surface area contributed by atoms with E-state index >= 15 is 0 Å². The zero-order chi connectivity index (χ0) is 29.3. The molecule has 2 aliphatic rings. The van der Waals surface area contributed by atoms with Crippen molar-refractivity contribution in [1.82, 2.24) is 14.7 Å². The van der Waals surface area contributed by atoms with E-state index in [0.717, 1.165) is 55.6 Å². The van der Waals surface area contributed by atoms with Gasteiger partial charge in [0.25, 0.3) is 0 Å². The third-order valence-corrected chi connectivity index (χ3v) is 7.71. The number of carbonyl (C=O) groups excluding carboxylic acids is 2. The molecule has 0 spiro atoms. The molecule has 4 rings (SSSR count). The van der Waals surface area contributed by atoms with Gasteiger partial charge in [0.15, 0.2) is 0 Å². The molecule has 2 aromatic rings. The molecule has 1 aliphatic carbocycles. The molecule has 0 N–H and O–H groups in total. The zero-order valence-corrected chi connectivity index (χ0v) is 24.0. The Labute approximate surface area is 234 Å². The van der Waals surface area contributed by atoms with Crippen molar-refractivity contribution in [3.8, 4) is 5.75 Å². The molecular formula is C24H28Cl2F3N3O6S. The van der Waals surface area contributed by atoms with Crippen LogP contribution in [0.4, 0.5) is 18.0 Å². The number of hydrogen-bond donors (Lipinski definition) is 0. The summed E-state index contributed by atoms with van der Waals surface area (Å²) >= 11 is 11.2. The van der Waals surface area contributed by atoms with Gasteiger partial charge >= 0.3 is 21.7 Å². The van der Waals surface area contributed by atoms with Crippen LogP contribution in [0.1, 0.15) is 69.3 Å². The van der Waals surface area contributed by atoms with Gasteiger partial charge in [0.2, 0.25) is 5.91 Å². The van der Waals surface area contributed by atoms with Gasteiger partial charge in [0.05, 0.1) is 17.9 Å². The van der Waals surface area contributed by atoms with Crippen LogP contribution in [-0.4, -0.2) is 52.8 Å². The quantitative estimate of drug-likeness (QED) is 0.300. The van der Waals surface area contributed by atoms with Crippen molar-refractivity contribution in [3.05, 3.63) is 45.2 Å². The Bertz CT molecular complexity index is 1330. The lowest BCUT2D eigenvalue weighted by Gasteiger charge is -2.31. The van der Waals surface area contributed by atoms with Crippen molar-refractivity contribution in [1.29, 1.82) is 0 Å². The standard InChI is InChI=1S/C16H23N3O3.C8H5Cl2F3O3S/c1-16(2,3)22-15(21)19-13-7-4-6-12(11(13)10-17-19)18-9-5-8-14(18)20;1-4-6(9)2-5(3-7(4)10)16-17(14,15)8(11,12)13/h10,12H,4-9H2,1-3H3;2-3H,1H3. The number of aromatic nitrogens is 2. The molecule has 1 unspecified atom stereocenters. The average molecular weight is 614 g/mol. The maximum absolute atomic E-state index is 12.3. The van der Waals surface area contributed by atoms with Crippen LogP contribution >= 0.6 is 23.2 Å². The first-order valence-electron chi connectivity index (χ1n) is 12.0. The van der Waals surface area contributed by atoms with Crippen LogP contribution in [0.3, 0.4) is 0 Å². The van der Waals surface area contributed by atoms with Gasteiger partial charge in [-0.1, -0.05) is 23.2 Å². The number of nitrogens with zero attached hydrogens (tertiary/aromatic N) is 3. The highest BCUT2D eigenvalue weighted by molar-refractivity contribution is 7.88. The highest BCUT2D eigenvalue weighted by Gasteiger charge is 2.48. The van der Waals surface area contributed by atoms with E-state index in [9.17, 15) is 31.2 Å². The number of likely N-dealkylation sites (tertiary alicyclic amines) is 1. The predicted octanol–water partition coefficient (Wildman–Crippen LogP) is 6.20. The summed E-state index contributed by atoms with van der Waals surface area (Å²) in [6, 6.07) is 1.94. The fraction of sp³-hybridized carbons (Fsp3) is 0.542. The lowest BCUT2D eigenvalue weighted by atomic mass is 9.92. The Morgan fingerprint density at radius 1 is 1.10 bits per heavy atom. The smallest absolute Gasteiger partial charge is 0.442 e. The van der Waals surface area contributed by atoms with Gasteiger partial charge in [-0.25, -0.2) is 4.79 Å². The molecule has 1 fully saturated rings. The summed E-state index contributed by atoms with van der Waals surface area (Å²) in [4.78, 5) is 26.2. The number of ether oxygens (including phenoxy) is 1. The Morgan fingerprint density at radius 3 is 2.23 bits per heavy atom. The molecule has 0 bridgehead atoms. The molecule has 1 amide bonds. The van der Waals surface area contributed by atoms with Gasteiger partial charge in [-0.2, -0.15) is 31.4 Å². The van der Waals surface area contributed by atoms with Crippen molar-refractivity contribution in [2.24, 2.45) is 0 Å². The summed E-state index contributed by atoms with van der Waals surface area (Å²) in [5.74, 6) is -0.384. The predicted molar refractivity (Wildman–Crippen MR) is 137 cm³/mol. The Hall–Kier alpha value is -2.51. The van der Waals surface area contributed by atoms with Crippen LogP contribution in [0, 0.1) is 6.92 Å². The Kier molecular flexibility index (Phi) is 9.18. The minimum Gasteiger partial charge on any atom is -0.442 e. The second-order valence-electron chi connectivity index (χ2n) is 10.0. The van der Waals surface area contributed by atoms with Gasteiger partial charge in [-0.15, -0.1) is 0 Å². The van der Waals surface area contributed by atoms with E-state index in [1.807, 2.05) is 25.7 Å². The van der Waals surface area contributed by atoms with Gasteiger partial charge in [-0.05, 0) is 58.9 Å². The maximum Gasteiger partial charge on any atom is 0.534 e. The van der Waals surface area contributed by atoms with Crippen LogP contribution in [0.5, 0.6) is 5.75 Å². The number of fused-ring (bicyclic) bond motifs is 1. The number of alkyl halides is 3. The van der Waals surface area contributed by atoms with Gasteiger partial charge in [-0.3, -0.25) is 4.79 Å². The van der Waals surface area contributed by atoms with E-state index < -0.39 is 33.1 Å². The van der Waals surface area contributed by atoms with Gasteiger partial charge < -0.3 is 13.8 Å². The molecule has 216 valence electrons. The fourth-order valence-electron chi connectivity index (χ4n) is 4.16. The number of carbonyl (C=O) groups is 2. The molecule has 9 nitrogen and oxygen atoms in total. The second-order valence-corrected chi connectivity index (χ2v) is 12.4. The first-order chi connectivity index (χ1) is 17.9. The van der Waals surface area contributed by atoms with Gasteiger partial charge in [0, 0.05) is 40.7 Å². The molecule has 1 aromatic heterocycles. The van der Waals surface area contributed by atoms with Crippen molar-refractivity contribution in [3.63, 3.8) is 0 Å². The lowest BCUT2D eigenvalue weighted by molar-refractivity contribution is -0.130. The first kappa shape index (κ1) is 31.0. The van der Waals surface area contributed by atoms with E-state index in [2.05, 4.69) is 9.28 Å². The number of halogens is 5. The topological polar surface area (TPSA) is 108 Å². The molecule has 15 heteroatoms. The van der Waals surface area contributed by atoms with Crippen molar-refractivity contribution in [2.75, 3.05) is 6.54 Å². The third kappa shape index (κ3) is 7.37. The molecule has 1 atom stereocenters. The van der Waals surface area contributed by atoms with Crippen LogP contribution in [0.25, 0.3) is 0 Å². The average Bonchev–Trinajstić information content (AvgIpc) is 3.42. The van der Waals surface area contributed by atoms with Crippen LogP contribution in [0.2, 0.25) is 10.0 Å². The zero-order valence-electron chi connectivity index (χ0n) is 21.6. The van der Waals surface area contributed by atoms with E-state index in [4.69, 9.17) is 27.9 Å². The highest BCUT2D eigenvalue weighted by atomic mass is 35.5. The number of rotatable bonds is 3. The summed E-state index contributed by atoms with van der Waals surface area (Å²) in [5, 5.41) is 4.24. The van der Waals surface area contributed by atoms with Crippen LogP contribution < -0.4 is 4.18 Å². The summed E-state index contributed by atoms with van der Waals surface area (Å²) in [6.07, 6.45) is 5.54. The maximum atomic E-state index is 12.3. The number of hydrogen-bond acceptors (Lipinski definition) is 7. The summed E-state index contributed by atoms with van der Waals surface area (Å²) < 4.78 is 68.1. The molecule has 1 aliphatic heterocycles. The van der Waals surface area contributed by atoms with Crippen molar-refractivity contribution < 1.29 is 40.1 Å². The van der Waals surface area contributed by atoms with E-state index in [0.29, 0.717) is 12.0 Å². The third-order valence-electron chi connectivity index (χ3n) is 5.95. The van der Waals surface area contributed by atoms with Crippen LogP contribution in [0.15, 0.2) is 18.3 Å². The minimum absolute atomic E-state index is 0.00451. The van der Waals surface area contributed by atoms with E-state index in [1.54, 1.807) is 6.20 Å². The van der Waals surface area contributed by atoms with Gasteiger partial charge in [0.1, 0.15) is 11.4 Å². The molecule has 2 heterocycles. The highest BCUT2D eigenvalue weighted by Crippen LogP contribution is 2.37. The normalized spacial score (nSPS) is 17.8. The summed E-state index contributed by atoms with van der Waals surface area (Å²) in [5.41, 5.74) is -3.74. The minimum atomic E-state index is -5.71. The molecule has 1 saturated heterocycles. The molecule has 39 heavy (non-hydrogen) atoms. The van der Waals surface area contributed by atoms with Crippen molar-refractivity contribution >= 4 is 45.3 Å². The second kappa shape index (κ2) is 11.5. The SMILES string of the molecule is CC(C)(C)OC(=O)n1ncc2c1CCCC2N1CCCC1=O.Cc1c(Cl)cc(OS(=O)(=O)C(F)(F)F)cc1Cl. The molecule has 0 saturated carbocycles. The van der Waals surface area contributed by atoms with Crippen molar-refractivity contribution in [2.45, 2.75) is 77.0 Å². The molecule has 0 radical (unpaired) electrons. The Morgan fingerprint density at radius 2 is 1.72 bits per heavy atom. The number of benzene rings is 1. The fourth-order valence-corrected chi connectivity index (χ4v) is 5.07. The molecular weight excluding hydrogens is 586 g/mol. The first-order valence-corrected chi connectivity index (χ1v) is 14.1. The summed E-state index contributed by atoms with van der Waals surface area (Å²) in [6.45, 7) is 7.85. The number of amides is 1. The Balaban J connectivity index is 0.000000224. The lowest BCUT2D eigenvalue weighted by Crippen LogP contribution is -2.33. The van der Waals surface area contributed by atoms with E-state index in [1.165, 1.54) is 11.6 Å². The van der Waals surface area contributed by atoms with Crippen LogP contribution in [-0.2, 0) is 26.1 Å². The molecule has 1 aromatic carbocycles. The largest absolute Gasteiger partial charge is 0.534 e. The monoisotopic (exact) mass is 613 g/mol. The van der Waals surface area contributed by atoms with E-state index in [-0.39, 0.29) is 22.0 Å². The summed E-state index contributed by atoms with van der Waals surface area (Å²) in [7, 11) is -5.71.